The topological polar surface area (TPSA) is 56.7 Å². The number of hydrogen-bond donors (Lipinski definition) is 0. The van der Waals surface area contributed by atoms with E-state index in [2.05, 4.69) is 133 Å². The number of benzene rings is 7. The van der Waals surface area contributed by atoms with Crippen LogP contribution >= 0.6 is 0 Å². The summed E-state index contributed by atoms with van der Waals surface area (Å²) in [6, 6.07) is 57.4. The number of nitrogens with zero attached hydrogens (tertiary/aromatic N) is 4. The van der Waals surface area contributed by atoms with Crippen molar-refractivity contribution in [3.8, 4) is 51.0 Å². The Hall–Kier alpha value is -6.85. The van der Waals surface area contributed by atoms with Crippen LogP contribution in [0.2, 0.25) is 0 Å². The van der Waals surface area contributed by atoms with Gasteiger partial charge in [-0.05, 0) is 72.0 Å². The monoisotopic (exact) mass is 696 g/mol. The van der Waals surface area contributed by atoms with Gasteiger partial charge in [0.15, 0.2) is 17.5 Å². The fourth-order valence-corrected chi connectivity index (χ4v) is 7.63. The van der Waals surface area contributed by atoms with Gasteiger partial charge in [-0.15, -0.1) is 0 Å². The molecule has 7 aromatic carbocycles. The first-order chi connectivity index (χ1) is 26.7. The van der Waals surface area contributed by atoms with Gasteiger partial charge in [-0.2, -0.15) is 0 Å². The van der Waals surface area contributed by atoms with Crippen LogP contribution in [0.5, 0.6) is 0 Å². The summed E-state index contributed by atoms with van der Waals surface area (Å²) in [4.78, 5) is 15.0. The molecule has 0 aliphatic heterocycles. The molecule has 0 saturated heterocycles. The zero-order chi connectivity index (χ0) is 36.0. The van der Waals surface area contributed by atoms with Crippen molar-refractivity contribution < 1.29 is 4.42 Å². The first-order valence-electron chi connectivity index (χ1n) is 18.7. The molecule has 258 valence electrons. The van der Waals surface area contributed by atoms with Gasteiger partial charge in [-0.3, -0.25) is 0 Å². The minimum absolute atomic E-state index is 0.628. The molecular formula is C49H36N4O. The number of para-hydroxylation sites is 2. The molecule has 0 amide bonds. The van der Waals surface area contributed by atoms with Gasteiger partial charge in [0.25, 0.3) is 0 Å². The summed E-state index contributed by atoms with van der Waals surface area (Å²) < 4.78 is 8.64. The molecule has 0 spiro atoms. The lowest BCUT2D eigenvalue weighted by Gasteiger charge is -2.11. The van der Waals surface area contributed by atoms with E-state index in [1.807, 2.05) is 42.5 Å². The summed E-state index contributed by atoms with van der Waals surface area (Å²) in [6.07, 6.45) is 3.54. The van der Waals surface area contributed by atoms with Gasteiger partial charge in [-0.1, -0.05) is 129 Å². The van der Waals surface area contributed by atoms with Gasteiger partial charge in [0, 0.05) is 50.0 Å². The van der Waals surface area contributed by atoms with E-state index in [0.29, 0.717) is 17.5 Å². The Morgan fingerprint density at radius 3 is 1.69 bits per heavy atom. The van der Waals surface area contributed by atoms with E-state index >= 15 is 0 Å². The van der Waals surface area contributed by atoms with Crippen LogP contribution in [0.3, 0.4) is 0 Å². The zero-order valence-corrected chi connectivity index (χ0v) is 29.9. The van der Waals surface area contributed by atoms with Crippen LogP contribution in [-0.4, -0.2) is 19.5 Å². The summed E-state index contributed by atoms with van der Waals surface area (Å²) in [5.41, 5.74) is 11.6. The first-order valence-corrected chi connectivity index (χ1v) is 18.7. The molecule has 0 atom stereocenters. The van der Waals surface area contributed by atoms with Crippen LogP contribution < -0.4 is 0 Å². The number of fused-ring (bicyclic) bond motifs is 6. The van der Waals surface area contributed by atoms with E-state index in [4.69, 9.17) is 19.4 Å². The third-order valence-electron chi connectivity index (χ3n) is 10.5. The molecule has 5 heteroatoms. The molecule has 0 radical (unpaired) electrons. The highest BCUT2D eigenvalue weighted by atomic mass is 16.3. The Bertz CT molecular complexity index is 2940. The van der Waals surface area contributed by atoms with Crippen LogP contribution in [0.25, 0.3) is 94.7 Å². The molecule has 5 nitrogen and oxygen atoms in total. The van der Waals surface area contributed by atoms with Crippen LogP contribution in [0, 0.1) is 0 Å². The minimum Gasteiger partial charge on any atom is -0.456 e. The maximum absolute atomic E-state index is 6.33. The number of aromatic nitrogens is 4. The normalized spacial score (nSPS) is 11.6. The fraction of sp³-hybridized carbons (Fsp3) is 0.0816. The molecule has 0 bridgehead atoms. The van der Waals surface area contributed by atoms with Crippen LogP contribution in [-0.2, 0) is 6.42 Å². The molecule has 10 rings (SSSR count). The maximum Gasteiger partial charge on any atom is 0.164 e. The highest BCUT2D eigenvalue weighted by Crippen LogP contribution is 2.38. The molecule has 0 N–H and O–H groups in total. The molecule has 3 aromatic heterocycles. The van der Waals surface area contributed by atoms with E-state index in [9.17, 15) is 0 Å². The second-order valence-corrected chi connectivity index (χ2v) is 13.9. The highest BCUT2D eigenvalue weighted by Gasteiger charge is 2.17. The quantitative estimate of drug-likeness (QED) is 0.159. The molecular weight excluding hydrogens is 661 g/mol. The zero-order valence-electron chi connectivity index (χ0n) is 29.9. The Balaban J connectivity index is 1.04. The summed E-state index contributed by atoms with van der Waals surface area (Å²) in [6.45, 7) is 2.23. The molecule has 54 heavy (non-hydrogen) atoms. The average Bonchev–Trinajstić information content (AvgIpc) is 3.77. The Kier molecular flexibility index (Phi) is 7.84. The predicted octanol–water partition coefficient (Wildman–Crippen LogP) is 12.9. The van der Waals surface area contributed by atoms with Crippen molar-refractivity contribution >= 4 is 43.7 Å². The number of furan rings is 1. The standard InChI is InChI=1S/C49H36N4O/c1-2-3-11-32-18-20-33(21-19-32)34-22-24-36(25-23-34)48-50-47(35-12-5-4-6-13-35)51-49(52-48)37-26-28-38(29-27-37)53-43-16-9-7-14-39(43)41-30-42-40-15-8-10-17-45(40)54-46(42)31-44(41)53/h4-10,12-31H,2-3,11H2,1H3. The lowest BCUT2D eigenvalue weighted by atomic mass is 10.0. The van der Waals surface area contributed by atoms with Crippen molar-refractivity contribution in [2.45, 2.75) is 26.2 Å². The van der Waals surface area contributed by atoms with Gasteiger partial charge in [0.1, 0.15) is 11.2 Å². The number of unbranched alkanes of at least 4 members (excludes halogenated alkanes) is 1. The third-order valence-corrected chi connectivity index (χ3v) is 10.5. The van der Waals surface area contributed by atoms with Crippen molar-refractivity contribution in [3.63, 3.8) is 0 Å². The molecule has 0 aliphatic carbocycles. The largest absolute Gasteiger partial charge is 0.456 e. The van der Waals surface area contributed by atoms with Crippen molar-refractivity contribution in [2.75, 3.05) is 0 Å². The van der Waals surface area contributed by atoms with Gasteiger partial charge in [0.2, 0.25) is 0 Å². The van der Waals surface area contributed by atoms with Crippen LogP contribution in [0.15, 0.2) is 168 Å². The average molecular weight is 697 g/mol. The lowest BCUT2D eigenvalue weighted by molar-refractivity contribution is 0.669. The van der Waals surface area contributed by atoms with Crippen LogP contribution in [0.1, 0.15) is 25.3 Å². The number of aryl methyl sites for hydroxylation is 1. The van der Waals surface area contributed by atoms with Gasteiger partial charge in [0.05, 0.1) is 11.0 Å². The van der Waals surface area contributed by atoms with Gasteiger partial charge >= 0.3 is 0 Å². The maximum atomic E-state index is 6.33. The lowest BCUT2D eigenvalue weighted by Crippen LogP contribution is -2.00. The Morgan fingerprint density at radius 2 is 1.00 bits per heavy atom. The minimum atomic E-state index is 0.628. The highest BCUT2D eigenvalue weighted by molar-refractivity contribution is 6.17. The Morgan fingerprint density at radius 1 is 0.444 bits per heavy atom. The summed E-state index contributed by atoms with van der Waals surface area (Å²) >= 11 is 0. The molecule has 10 aromatic rings. The van der Waals surface area contributed by atoms with E-state index < -0.39 is 0 Å². The number of rotatable bonds is 8. The van der Waals surface area contributed by atoms with Crippen molar-refractivity contribution in [3.05, 3.63) is 169 Å². The summed E-state index contributed by atoms with van der Waals surface area (Å²) in [5, 5.41) is 4.65. The van der Waals surface area contributed by atoms with E-state index in [-0.39, 0.29) is 0 Å². The van der Waals surface area contributed by atoms with E-state index in [1.54, 1.807) is 0 Å². The summed E-state index contributed by atoms with van der Waals surface area (Å²) in [5.74, 6) is 1.91. The molecule has 3 heterocycles. The second kappa shape index (κ2) is 13.3. The van der Waals surface area contributed by atoms with Crippen molar-refractivity contribution in [2.24, 2.45) is 0 Å². The third kappa shape index (κ3) is 5.62. The molecule has 0 saturated carbocycles. The van der Waals surface area contributed by atoms with E-state index in [1.165, 1.54) is 40.3 Å². The predicted molar refractivity (Wildman–Crippen MR) is 222 cm³/mol. The second-order valence-electron chi connectivity index (χ2n) is 13.9. The SMILES string of the molecule is CCCCc1ccc(-c2ccc(-c3nc(-c4ccccc4)nc(-c4ccc(-n5c6ccccc6c6cc7c(cc65)oc5ccccc57)cc4)n3)cc2)cc1. The van der Waals surface area contributed by atoms with Crippen molar-refractivity contribution in [1.29, 1.82) is 0 Å². The van der Waals surface area contributed by atoms with Crippen molar-refractivity contribution in [1.82, 2.24) is 19.5 Å². The Labute approximate surface area is 313 Å². The number of hydrogen-bond acceptors (Lipinski definition) is 4. The van der Waals surface area contributed by atoms with Gasteiger partial charge in [-0.25, -0.2) is 15.0 Å². The first kappa shape index (κ1) is 31.9. The molecule has 0 unspecified atom stereocenters. The fourth-order valence-electron chi connectivity index (χ4n) is 7.63. The summed E-state index contributed by atoms with van der Waals surface area (Å²) in [7, 11) is 0. The van der Waals surface area contributed by atoms with Gasteiger partial charge < -0.3 is 8.98 Å². The van der Waals surface area contributed by atoms with Crippen LogP contribution in [0.4, 0.5) is 0 Å². The van der Waals surface area contributed by atoms with E-state index in [0.717, 1.165) is 61.8 Å². The molecule has 0 aliphatic rings. The molecule has 0 fully saturated rings. The smallest absolute Gasteiger partial charge is 0.164 e.